The lowest BCUT2D eigenvalue weighted by atomic mass is 10.1. The van der Waals surface area contributed by atoms with Crippen LogP contribution in [0.2, 0.25) is 0 Å². The maximum absolute atomic E-state index is 13.0. The van der Waals surface area contributed by atoms with Crippen LogP contribution in [0.5, 0.6) is 0 Å². The minimum absolute atomic E-state index is 0.122. The summed E-state index contributed by atoms with van der Waals surface area (Å²) in [5, 5.41) is 8.53. The predicted octanol–water partition coefficient (Wildman–Crippen LogP) is 2.04. The van der Waals surface area contributed by atoms with Gasteiger partial charge in [0.25, 0.3) is 0 Å². The van der Waals surface area contributed by atoms with E-state index in [2.05, 4.69) is 0 Å². The number of halogens is 1. The molecule has 0 aliphatic heterocycles. The quantitative estimate of drug-likeness (QED) is 0.833. The lowest BCUT2D eigenvalue weighted by Crippen LogP contribution is -2.21. The Morgan fingerprint density at radius 2 is 2.19 bits per heavy atom. The lowest BCUT2D eigenvalue weighted by molar-refractivity contribution is -0.137. The zero-order chi connectivity index (χ0) is 12.1. The van der Waals surface area contributed by atoms with Gasteiger partial charge in [0.1, 0.15) is 5.82 Å². The largest absolute Gasteiger partial charge is 0.481 e. The highest BCUT2D eigenvalue weighted by atomic mass is 19.1. The zero-order valence-electron chi connectivity index (χ0n) is 9.53. The molecular weight excluding hydrogens is 209 g/mol. The van der Waals surface area contributed by atoms with Gasteiger partial charge in [-0.1, -0.05) is 12.1 Å². The highest BCUT2D eigenvalue weighted by molar-refractivity contribution is 5.66. The number of nitrogens with zero attached hydrogens (tertiary/aromatic N) is 1. The first-order chi connectivity index (χ1) is 7.49. The smallest absolute Gasteiger partial charge is 0.304 e. The van der Waals surface area contributed by atoms with Crippen molar-refractivity contribution in [3.63, 3.8) is 0 Å². The van der Waals surface area contributed by atoms with Gasteiger partial charge in [0.05, 0.1) is 6.42 Å². The number of aryl methyl sites for hydroxylation is 1. The zero-order valence-corrected chi connectivity index (χ0v) is 9.53. The Bertz CT molecular complexity index is 379. The van der Waals surface area contributed by atoms with Crippen molar-refractivity contribution in [2.45, 2.75) is 19.9 Å². The van der Waals surface area contributed by atoms with E-state index in [1.54, 1.807) is 19.1 Å². The predicted molar refractivity (Wildman–Crippen MR) is 59.7 cm³/mol. The van der Waals surface area contributed by atoms with Crippen LogP contribution in [0.25, 0.3) is 0 Å². The molecule has 1 N–H and O–H groups in total. The number of rotatable bonds is 5. The van der Waals surface area contributed by atoms with Crippen LogP contribution in [-0.2, 0) is 11.3 Å². The van der Waals surface area contributed by atoms with Crippen molar-refractivity contribution >= 4 is 5.97 Å². The van der Waals surface area contributed by atoms with Gasteiger partial charge in [-0.2, -0.15) is 0 Å². The fourth-order valence-corrected chi connectivity index (χ4v) is 1.48. The van der Waals surface area contributed by atoms with E-state index in [4.69, 9.17) is 5.11 Å². The van der Waals surface area contributed by atoms with Crippen molar-refractivity contribution in [3.8, 4) is 0 Å². The lowest BCUT2D eigenvalue weighted by Gasteiger charge is -2.15. The Hall–Kier alpha value is -1.42. The van der Waals surface area contributed by atoms with E-state index in [1.807, 2.05) is 11.9 Å². The van der Waals surface area contributed by atoms with Crippen molar-refractivity contribution in [1.29, 1.82) is 0 Å². The highest BCUT2D eigenvalue weighted by Crippen LogP contribution is 2.10. The molecule has 0 aliphatic carbocycles. The molecule has 3 nitrogen and oxygen atoms in total. The molecule has 0 amide bonds. The van der Waals surface area contributed by atoms with Gasteiger partial charge in [-0.05, 0) is 31.2 Å². The molecule has 0 saturated carbocycles. The third-order valence-corrected chi connectivity index (χ3v) is 2.38. The van der Waals surface area contributed by atoms with Gasteiger partial charge in [-0.3, -0.25) is 4.79 Å². The van der Waals surface area contributed by atoms with Gasteiger partial charge in [0.15, 0.2) is 0 Å². The topological polar surface area (TPSA) is 40.5 Å². The molecule has 16 heavy (non-hydrogen) atoms. The molecular formula is C12H16FNO2. The molecule has 0 fully saturated rings. The maximum Gasteiger partial charge on any atom is 0.304 e. The molecule has 1 aromatic carbocycles. The summed E-state index contributed by atoms with van der Waals surface area (Å²) < 4.78 is 13.0. The summed E-state index contributed by atoms with van der Waals surface area (Å²) in [6.07, 6.45) is 0.122. The van der Waals surface area contributed by atoms with Crippen LogP contribution in [-0.4, -0.2) is 29.6 Å². The first kappa shape index (κ1) is 12.6. The fourth-order valence-electron chi connectivity index (χ4n) is 1.48. The molecule has 0 radical (unpaired) electrons. The first-order valence-electron chi connectivity index (χ1n) is 5.14. The van der Waals surface area contributed by atoms with E-state index < -0.39 is 5.97 Å². The van der Waals surface area contributed by atoms with Crippen LogP contribution in [0.3, 0.4) is 0 Å². The van der Waals surface area contributed by atoms with Gasteiger partial charge in [-0.25, -0.2) is 4.39 Å². The van der Waals surface area contributed by atoms with E-state index in [9.17, 15) is 9.18 Å². The Labute approximate surface area is 94.5 Å². The number of benzene rings is 1. The summed E-state index contributed by atoms with van der Waals surface area (Å²) in [5.41, 5.74) is 1.61. The average Bonchev–Trinajstić information content (AvgIpc) is 2.21. The summed E-state index contributed by atoms with van der Waals surface area (Å²) in [5.74, 6) is -1.01. The minimum Gasteiger partial charge on any atom is -0.481 e. The van der Waals surface area contributed by atoms with Crippen LogP contribution >= 0.6 is 0 Å². The van der Waals surface area contributed by atoms with E-state index in [0.29, 0.717) is 18.7 Å². The van der Waals surface area contributed by atoms with Gasteiger partial charge in [-0.15, -0.1) is 0 Å². The van der Waals surface area contributed by atoms with Crippen molar-refractivity contribution in [1.82, 2.24) is 4.90 Å². The number of carboxylic acids is 1. The average molecular weight is 225 g/mol. The molecule has 0 aromatic heterocycles. The van der Waals surface area contributed by atoms with E-state index >= 15 is 0 Å². The molecule has 0 atom stereocenters. The number of aliphatic carboxylic acids is 1. The number of carbonyl (C=O) groups is 1. The standard InChI is InChI=1S/C12H16FNO2/c1-9-7-10(3-4-11(9)13)8-14(2)6-5-12(15)16/h3-4,7H,5-6,8H2,1-2H3,(H,15,16). The highest BCUT2D eigenvalue weighted by Gasteiger charge is 2.05. The monoisotopic (exact) mass is 225 g/mol. The number of hydrogen-bond donors (Lipinski definition) is 1. The van der Waals surface area contributed by atoms with E-state index in [-0.39, 0.29) is 12.2 Å². The summed E-state index contributed by atoms with van der Waals surface area (Å²) in [6.45, 7) is 2.84. The maximum atomic E-state index is 13.0. The third kappa shape index (κ3) is 3.98. The molecule has 1 rings (SSSR count). The van der Waals surface area contributed by atoms with Crippen LogP contribution < -0.4 is 0 Å². The second kappa shape index (κ2) is 5.61. The molecule has 4 heteroatoms. The summed E-state index contributed by atoms with van der Waals surface area (Å²) in [7, 11) is 1.85. The second-order valence-electron chi connectivity index (χ2n) is 3.97. The van der Waals surface area contributed by atoms with Crippen LogP contribution in [0.15, 0.2) is 18.2 Å². The fraction of sp³-hybridized carbons (Fsp3) is 0.417. The molecule has 0 unspecified atom stereocenters. The molecule has 0 spiro atoms. The first-order valence-corrected chi connectivity index (χ1v) is 5.14. The Morgan fingerprint density at radius 3 is 2.75 bits per heavy atom. The Kier molecular flexibility index (Phi) is 4.43. The van der Waals surface area contributed by atoms with Crippen LogP contribution in [0.1, 0.15) is 17.5 Å². The molecule has 0 aliphatic rings. The van der Waals surface area contributed by atoms with Crippen molar-refractivity contribution in [3.05, 3.63) is 35.1 Å². The number of hydrogen-bond acceptors (Lipinski definition) is 2. The van der Waals surface area contributed by atoms with Gasteiger partial charge in [0.2, 0.25) is 0 Å². The minimum atomic E-state index is -0.804. The van der Waals surface area contributed by atoms with E-state index in [1.165, 1.54) is 6.07 Å². The van der Waals surface area contributed by atoms with E-state index in [0.717, 1.165) is 5.56 Å². The number of carboxylic acid groups (broad SMARTS) is 1. The molecule has 88 valence electrons. The normalized spacial score (nSPS) is 10.8. The molecule has 0 heterocycles. The van der Waals surface area contributed by atoms with Gasteiger partial charge in [0, 0.05) is 13.1 Å². The van der Waals surface area contributed by atoms with Crippen LogP contribution in [0, 0.1) is 12.7 Å². The summed E-state index contributed by atoms with van der Waals surface area (Å²) >= 11 is 0. The SMILES string of the molecule is Cc1cc(CN(C)CCC(=O)O)ccc1F. The molecule has 0 saturated heterocycles. The van der Waals surface area contributed by atoms with Crippen molar-refractivity contribution in [2.75, 3.05) is 13.6 Å². The second-order valence-corrected chi connectivity index (χ2v) is 3.97. The molecule has 0 bridgehead atoms. The van der Waals surface area contributed by atoms with Crippen LogP contribution in [0.4, 0.5) is 4.39 Å². The van der Waals surface area contributed by atoms with Crippen molar-refractivity contribution < 1.29 is 14.3 Å². The van der Waals surface area contributed by atoms with Gasteiger partial charge >= 0.3 is 5.97 Å². The summed E-state index contributed by atoms with van der Waals surface area (Å²) in [4.78, 5) is 12.3. The van der Waals surface area contributed by atoms with Gasteiger partial charge < -0.3 is 10.0 Å². The van der Waals surface area contributed by atoms with Crippen molar-refractivity contribution in [2.24, 2.45) is 0 Å². The summed E-state index contributed by atoms with van der Waals surface area (Å²) in [6, 6.07) is 4.95. The Balaban J connectivity index is 2.52. The third-order valence-electron chi connectivity index (χ3n) is 2.38. The Morgan fingerprint density at radius 1 is 1.50 bits per heavy atom. The molecule has 1 aromatic rings.